The van der Waals surface area contributed by atoms with Crippen molar-refractivity contribution in [3.8, 4) is 5.75 Å². The molecule has 1 aromatic carbocycles. The first kappa shape index (κ1) is 23.0. The highest BCUT2D eigenvalue weighted by molar-refractivity contribution is 5.85. The molecule has 0 spiro atoms. The van der Waals surface area contributed by atoms with Crippen molar-refractivity contribution < 1.29 is 23.1 Å². The van der Waals surface area contributed by atoms with Crippen molar-refractivity contribution >= 4 is 16.8 Å². The number of hydrogen-bond acceptors (Lipinski definition) is 5. The summed E-state index contributed by atoms with van der Waals surface area (Å²) in [6.07, 6.45) is 0.192. The first-order chi connectivity index (χ1) is 14.9. The number of pyridine rings is 1. The predicted octanol–water partition coefficient (Wildman–Crippen LogP) is 2.63. The lowest BCUT2D eigenvalue weighted by atomic mass is 9.99. The second-order valence-corrected chi connectivity index (χ2v) is 7.99. The van der Waals surface area contributed by atoms with Gasteiger partial charge in [-0.25, -0.2) is 22.5 Å². The Bertz CT molecular complexity index is 1300. The van der Waals surface area contributed by atoms with Gasteiger partial charge < -0.3 is 15.4 Å². The molecule has 0 saturated heterocycles. The summed E-state index contributed by atoms with van der Waals surface area (Å²) in [5, 5.41) is 12.2. The quantitative estimate of drug-likeness (QED) is 0.534. The second-order valence-electron chi connectivity index (χ2n) is 7.99. The number of rotatable bonds is 6. The molecule has 0 aliphatic rings. The van der Waals surface area contributed by atoms with Gasteiger partial charge >= 0.3 is 5.69 Å². The zero-order valence-electron chi connectivity index (χ0n) is 17.4. The van der Waals surface area contributed by atoms with Gasteiger partial charge in [-0.05, 0) is 32.9 Å². The molecular formula is C21H21F3N4O4. The van der Waals surface area contributed by atoms with Gasteiger partial charge in [-0.1, -0.05) is 6.07 Å². The number of phenols is 1. The van der Waals surface area contributed by atoms with E-state index in [1.807, 2.05) is 0 Å². The fraction of sp³-hybridized carbons (Fsp3) is 0.333. The van der Waals surface area contributed by atoms with E-state index in [4.69, 9.17) is 0 Å². The highest BCUT2D eigenvalue weighted by Crippen LogP contribution is 2.25. The molecule has 170 valence electrons. The Balaban J connectivity index is 2.08. The van der Waals surface area contributed by atoms with Crippen molar-refractivity contribution in [3.63, 3.8) is 0 Å². The standard InChI is InChI=1S/C21H21F3N4O4/c1-10(17-12(23)7-11(22)9-25-17)26-18(30)14(8-21(2,3)24)28-19(31)16-13(27-20(28)32)5-4-6-15(16)29/h4-7,9-10,14,29H,8H2,1-3H3,(H,26,30)(H,27,32)/t10-,14-/m1/s1. The number of nitrogens with zero attached hydrogens (tertiary/aromatic N) is 2. The van der Waals surface area contributed by atoms with Crippen molar-refractivity contribution in [1.29, 1.82) is 0 Å². The fourth-order valence-corrected chi connectivity index (χ4v) is 3.42. The molecule has 0 aliphatic heterocycles. The zero-order valence-corrected chi connectivity index (χ0v) is 17.4. The van der Waals surface area contributed by atoms with Crippen molar-refractivity contribution in [3.05, 3.63) is 68.6 Å². The van der Waals surface area contributed by atoms with Gasteiger partial charge in [0.05, 0.1) is 23.4 Å². The van der Waals surface area contributed by atoms with Gasteiger partial charge in [-0.15, -0.1) is 0 Å². The molecule has 8 nitrogen and oxygen atoms in total. The number of carbonyl (C=O) groups excluding carboxylic acids is 1. The molecule has 0 unspecified atom stereocenters. The van der Waals surface area contributed by atoms with Gasteiger partial charge in [-0.3, -0.25) is 14.6 Å². The van der Waals surface area contributed by atoms with E-state index in [0.717, 1.165) is 20.0 Å². The first-order valence-corrected chi connectivity index (χ1v) is 9.66. The number of phenolic OH excluding ortho intramolecular Hbond substituents is 1. The summed E-state index contributed by atoms with van der Waals surface area (Å²) in [7, 11) is 0. The summed E-state index contributed by atoms with van der Waals surface area (Å²) in [5.74, 6) is -3.31. The minimum absolute atomic E-state index is 0.0425. The Labute approximate surface area is 179 Å². The number of halogens is 3. The van der Waals surface area contributed by atoms with Crippen LogP contribution in [-0.2, 0) is 4.79 Å². The van der Waals surface area contributed by atoms with Crippen LogP contribution in [0.3, 0.4) is 0 Å². The number of aromatic nitrogens is 3. The number of alkyl halides is 1. The van der Waals surface area contributed by atoms with Crippen LogP contribution in [0.25, 0.3) is 10.9 Å². The fourth-order valence-electron chi connectivity index (χ4n) is 3.42. The number of aromatic amines is 1. The van der Waals surface area contributed by atoms with E-state index >= 15 is 0 Å². The predicted molar refractivity (Wildman–Crippen MR) is 110 cm³/mol. The molecule has 11 heteroatoms. The van der Waals surface area contributed by atoms with Crippen molar-refractivity contribution in [1.82, 2.24) is 19.9 Å². The van der Waals surface area contributed by atoms with Gasteiger partial charge in [0, 0.05) is 12.5 Å². The molecule has 32 heavy (non-hydrogen) atoms. The van der Waals surface area contributed by atoms with E-state index in [2.05, 4.69) is 15.3 Å². The summed E-state index contributed by atoms with van der Waals surface area (Å²) < 4.78 is 42.2. The van der Waals surface area contributed by atoms with Crippen LogP contribution in [-0.4, -0.2) is 31.2 Å². The largest absolute Gasteiger partial charge is 0.507 e. The van der Waals surface area contributed by atoms with Crippen LogP contribution < -0.4 is 16.6 Å². The lowest BCUT2D eigenvalue weighted by Crippen LogP contribution is -2.46. The molecule has 0 radical (unpaired) electrons. The first-order valence-electron chi connectivity index (χ1n) is 9.66. The Morgan fingerprint density at radius 3 is 2.62 bits per heavy atom. The lowest BCUT2D eigenvalue weighted by molar-refractivity contribution is -0.126. The average Bonchev–Trinajstić information content (AvgIpc) is 2.65. The van der Waals surface area contributed by atoms with Crippen LogP contribution in [0.4, 0.5) is 13.2 Å². The number of nitrogens with one attached hydrogen (secondary N) is 2. The average molecular weight is 450 g/mol. The third-order valence-electron chi connectivity index (χ3n) is 4.83. The van der Waals surface area contributed by atoms with E-state index in [1.54, 1.807) is 0 Å². The van der Waals surface area contributed by atoms with Gasteiger partial charge in [0.15, 0.2) is 0 Å². The zero-order chi connectivity index (χ0) is 23.8. The SMILES string of the molecule is C[C@@H](NC(=O)[C@@H](CC(C)(C)F)n1c(=O)[nH]c2cccc(O)c2c1=O)c1ncc(F)cc1F. The van der Waals surface area contributed by atoms with Crippen LogP contribution in [0.1, 0.15) is 45.0 Å². The molecule has 3 rings (SSSR count). The maximum atomic E-state index is 14.5. The van der Waals surface area contributed by atoms with Crippen LogP contribution in [0.5, 0.6) is 5.75 Å². The minimum atomic E-state index is -1.98. The van der Waals surface area contributed by atoms with E-state index in [1.165, 1.54) is 25.1 Å². The number of amides is 1. The summed E-state index contributed by atoms with van der Waals surface area (Å²) in [4.78, 5) is 44.7. The smallest absolute Gasteiger partial charge is 0.329 e. The highest BCUT2D eigenvalue weighted by Gasteiger charge is 2.33. The number of carbonyl (C=O) groups is 1. The van der Waals surface area contributed by atoms with E-state index in [9.17, 15) is 32.7 Å². The van der Waals surface area contributed by atoms with Gasteiger partial charge in [-0.2, -0.15) is 0 Å². The summed E-state index contributed by atoms with van der Waals surface area (Å²) in [6.45, 7) is 3.68. The van der Waals surface area contributed by atoms with Gasteiger partial charge in [0.25, 0.3) is 5.56 Å². The Morgan fingerprint density at radius 1 is 1.31 bits per heavy atom. The topological polar surface area (TPSA) is 117 Å². The number of aromatic hydroxyl groups is 1. The Hall–Kier alpha value is -3.63. The van der Waals surface area contributed by atoms with E-state index in [-0.39, 0.29) is 16.6 Å². The molecule has 1 amide bonds. The molecule has 2 atom stereocenters. The molecule has 0 aliphatic carbocycles. The third-order valence-corrected chi connectivity index (χ3v) is 4.83. The molecule has 0 bridgehead atoms. The summed E-state index contributed by atoms with van der Waals surface area (Å²) >= 11 is 0. The molecule has 2 aromatic heterocycles. The maximum absolute atomic E-state index is 14.5. The molecule has 3 N–H and O–H groups in total. The van der Waals surface area contributed by atoms with Crippen molar-refractivity contribution in [2.45, 2.75) is 44.9 Å². The number of H-pyrrole nitrogens is 1. The molecular weight excluding hydrogens is 429 g/mol. The summed E-state index contributed by atoms with van der Waals surface area (Å²) in [6, 6.07) is 1.90. The minimum Gasteiger partial charge on any atom is -0.507 e. The number of benzene rings is 1. The van der Waals surface area contributed by atoms with Gasteiger partial charge in [0.2, 0.25) is 5.91 Å². The normalized spacial score (nSPS) is 13.7. The highest BCUT2D eigenvalue weighted by atomic mass is 19.1. The van der Waals surface area contributed by atoms with Crippen LogP contribution in [0.2, 0.25) is 0 Å². The number of hydrogen-bond donors (Lipinski definition) is 3. The van der Waals surface area contributed by atoms with Gasteiger partial charge in [0.1, 0.15) is 34.5 Å². The van der Waals surface area contributed by atoms with Crippen LogP contribution in [0, 0.1) is 11.6 Å². The van der Waals surface area contributed by atoms with E-state index < -0.39 is 58.7 Å². The van der Waals surface area contributed by atoms with Crippen molar-refractivity contribution in [2.75, 3.05) is 0 Å². The molecule has 0 saturated carbocycles. The number of fused-ring (bicyclic) bond motifs is 1. The molecule has 3 aromatic rings. The summed E-state index contributed by atoms with van der Waals surface area (Å²) in [5.41, 5.74) is -4.21. The Kier molecular flexibility index (Phi) is 6.11. The van der Waals surface area contributed by atoms with Crippen molar-refractivity contribution in [2.24, 2.45) is 0 Å². The monoisotopic (exact) mass is 450 g/mol. The molecule has 2 heterocycles. The van der Waals surface area contributed by atoms with E-state index in [0.29, 0.717) is 10.6 Å². The lowest BCUT2D eigenvalue weighted by Gasteiger charge is -2.25. The van der Waals surface area contributed by atoms with Crippen LogP contribution >= 0.6 is 0 Å². The van der Waals surface area contributed by atoms with Crippen LogP contribution in [0.15, 0.2) is 40.1 Å². The molecule has 0 fully saturated rings. The maximum Gasteiger partial charge on any atom is 0.329 e. The Morgan fingerprint density at radius 2 is 2.00 bits per heavy atom. The second kappa shape index (κ2) is 8.48. The third kappa shape index (κ3) is 4.66.